The van der Waals surface area contributed by atoms with Gasteiger partial charge in [-0.05, 0) is 48.9 Å². The van der Waals surface area contributed by atoms with Gasteiger partial charge in [0, 0.05) is 12.1 Å². The summed E-state index contributed by atoms with van der Waals surface area (Å²) in [7, 11) is 0. The van der Waals surface area contributed by atoms with Crippen molar-refractivity contribution in [3.63, 3.8) is 0 Å². The summed E-state index contributed by atoms with van der Waals surface area (Å²) in [5, 5.41) is 11.4. The number of para-hydroxylation sites is 2. The number of nitrogens with one attached hydrogen (secondary N) is 2. The summed E-state index contributed by atoms with van der Waals surface area (Å²) in [5.41, 5.74) is 8.67. The summed E-state index contributed by atoms with van der Waals surface area (Å²) < 4.78 is 0. The molecule has 0 spiro atoms. The van der Waals surface area contributed by atoms with Crippen LogP contribution >= 0.6 is 0 Å². The first-order valence-corrected chi connectivity index (χ1v) is 10.4. The van der Waals surface area contributed by atoms with Crippen molar-refractivity contribution < 1.29 is 14.4 Å². The van der Waals surface area contributed by atoms with Gasteiger partial charge in [-0.3, -0.25) is 19.4 Å². The zero-order chi connectivity index (χ0) is 23.4. The number of carbonyl (C=O) groups is 3. The summed E-state index contributed by atoms with van der Waals surface area (Å²) in [6.45, 7) is 1.93. The zero-order valence-electron chi connectivity index (χ0n) is 18.0. The second kappa shape index (κ2) is 9.35. The van der Waals surface area contributed by atoms with Crippen LogP contribution in [0, 0.1) is 6.92 Å². The first kappa shape index (κ1) is 21.8. The Hall–Kier alpha value is -4.46. The lowest BCUT2D eigenvalue weighted by atomic mass is 10.1. The summed E-state index contributed by atoms with van der Waals surface area (Å²) in [4.78, 5) is 37.8. The summed E-state index contributed by atoms with van der Waals surface area (Å²) >= 11 is 0. The number of benzene rings is 3. The molecule has 33 heavy (non-hydrogen) atoms. The first-order chi connectivity index (χ1) is 15.9. The largest absolute Gasteiger partial charge is 0.368 e. The fourth-order valence-corrected chi connectivity index (χ4v) is 3.59. The van der Waals surface area contributed by atoms with Crippen LogP contribution in [0.1, 0.15) is 22.3 Å². The highest BCUT2D eigenvalue weighted by atomic mass is 16.2. The van der Waals surface area contributed by atoms with Gasteiger partial charge in [0.25, 0.3) is 11.8 Å². The Labute approximate surface area is 191 Å². The van der Waals surface area contributed by atoms with Crippen LogP contribution in [0.4, 0.5) is 17.1 Å². The van der Waals surface area contributed by atoms with Gasteiger partial charge in [0.2, 0.25) is 5.91 Å². The highest BCUT2D eigenvalue weighted by Crippen LogP contribution is 2.25. The maximum absolute atomic E-state index is 13.0. The molecule has 0 aliphatic carbocycles. The van der Waals surface area contributed by atoms with Crippen LogP contribution in [0.5, 0.6) is 0 Å². The maximum Gasteiger partial charge on any atom is 0.271 e. The van der Waals surface area contributed by atoms with E-state index in [0.29, 0.717) is 22.6 Å². The van der Waals surface area contributed by atoms with E-state index in [1.54, 1.807) is 42.5 Å². The molecule has 1 aliphatic rings. The minimum Gasteiger partial charge on any atom is -0.368 e. The second-order valence-corrected chi connectivity index (χ2v) is 7.67. The van der Waals surface area contributed by atoms with E-state index in [0.717, 1.165) is 5.56 Å². The fourth-order valence-electron chi connectivity index (χ4n) is 3.59. The SMILES string of the molecule is Cc1cccc(NC(=O)c2ccccc2NC(=O)C2=NN(c3ccccc3)C(C(N)=O)C2)c1. The normalized spacial score (nSPS) is 15.0. The van der Waals surface area contributed by atoms with E-state index in [9.17, 15) is 14.4 Å². The molecule has 1 heterocycles. The number of primary amides is 1. The van der Waals surface area contributed by atoms with Crippen LogP contribution in [0.2, 0.25) is 0 Å². The minimum atomic E-state index is -0.770. The quantitative estimate of drug-likeness (QED) is 0.544. The highest BCUT2D eigenvalue weighted by molar-refractivity contribution is 6.44. The fraction of sp³-hybridized carbons (Fsp3) is 0.120. The van der Waals surface area contributed by atoms with E-state index in [1.807, 2.05) is 43.3 Å². The molecule has 4 rings (SSSR count). The van der Waals surface area contributed by atoms with Gasteiger partial charge >= 0.3 is 0 Å². The minimum absolute atomic E-state index is 0.0632. The molecule has 4 N–H and O–H groups in total. The highest BCUT2D eigenvalue weighted by Gasteiger charge is 2.35. The van der Waals surface area contributed by atoms with Crippen molar-refractivity contribution in [2.45, 2.75) is 19.4 Å². The molecule has 8 nitrogen and oxygen atoms in total. The molecule has 8 heteroatoms. The van der Waals surface area contributed by atoms with Gasteiger partial charge in [-0.2, -0.15) is 5.10 Å². The average molecular weight is 441 g/mol. The monoisotopic (exact) mass is 441 g/mol. The molecule has 0 saturated heterocycles. The van der Waals surface area contributed by atoms with Gasteiger partial charge in [0.05, 0.1) is 16.9 Å². The number of nitrogens with zero attached hydrogens (tertiary/aromatic N) is 2. The molecule has 0 bridgehead atoms. The molecule has 166 valence electrons. The van der Waals surface area contributed by atoms with Gasteiger partial charge in [0.1, 0.15) is 11.8 Å². The number of hydrazone groups is 1. The summed E-state index contributed by atoms with van der Waals surface area (Å²) in [6, 6.07) is 22.4. The molecular weight excluding hydrogens is 418 g/mol. The van der Waals surface area contributed by atoms with Crippen LogP contribution in [0.25, 0.3) is 0 Å². The van der Waals surface area contributed by atoms with Crippen LogP contribution in [-0.2, 0) is 9.59 Å². The Bertz CT molecular complexity index is 1240. The van der Waals surface area contributed by atoms with Crippen LogP contribution in [0.3, 0.4) is 0 Å². The zero-order valence-corrected chi connectivity index (χ0v) is 18.0. The molecule has 1 unspecified atom stereocenters. The van der Waals surface area contributed by atoms with Crippen LogP contribution in [-0.4, -0.2) is 29.5 Å². The number of nitrogens with two attached hydrogens (primary N) is 1. The third kappa shape index (κ3) is 4.90. The van der Waals surface area contributed by atoms with E-state index >= 15 is 0 Å². The molecule has 3 amide bonds. The Morgan fingerprint density at radius 1 is 0.909 bits per heavy atom. The number of hydrogen-bond donors (Lipinski definition) is 3. The topological polar surface area (TPSA) is 117 Å². The van der Waals surface area contributed by atoms with E-state index in [1.165, 1.54) is 5.01 Å². The third-order valence-electron chi connectivity index (χ3n) is 5.22. The number of rotatable bonds is 6. The number of amides is 3. The lowest BCUT2D eigenvalue weighted by Gasteiger charge is -2.20. The van der Waals surface area contributed by atoms with Crippen molar-refractivity contribution in [1.82, 2.24) is 0 Å². The molecule has 0 fully saturated rings. The van der Waals surface area contributed by atoms with E-state index < -0.39 is 17.9 Å². The van der Waals surface area contributed by atoms with Crippen molar-refractivity contribution in [1.29, 1.82) is 0 Å². The van der Waals surface area contributed by atoms with Gasteiger partial charge in [-0.25, -0.2) is 0 Å². The number of carbonyl (C=O) groups excluding carboxylic acids is 3. The van der Waals surface area contributed by atoms with Crippen molar-refractivity contribution in [2.24, 2.45) is 10.8 Å². The Morgan fingerprint density at radius 2 is 1.64 bits per heavy atom. The third-order valence-corrected chi connectivity index (χ3v) is 5.22. The van der Waals surface area contributed by atoms with Gasteiger partial charge in [0.15, 0.2) is 0 Å². The smallest absolute Gasteiger partial charge is 0.271 e. The van der Waals surface area contributed by atoms with E-state index in [2.05, 4.69) is 15.7 Å². The standard InChI is InChI=1S/C25H23N5O3/c1-16-8-7-9-17(14-16)27-24(32)19-12-5-6-13-20(19)28-25(33)21-15-22(23(26)31)30(29-21)18-10-3-2-4-11-18/h2-14,22H,15H2,1H3,(H2,26,31)(H,27,32)(H,28,33). The molecule has 0 radical (unpaired) electrons. The van der Waals surface area contributed by atoms with Crippen molar-refractivity contribution in [3.8, 4) is 0 Å². The Balaban J connectivity index is 1.54. The number of hydrogen-bond acceptors (Lipinski definition) is 5. The van der Waals surface area contributed by atoms with Crippen LogP contribution in [0.15, 0.2) is 84.0 Å². The lowest BCUT2D eigenvalue weighted by Crippen LogP contribution is -2.39. The van der Waals surface area contributed by atoms with Gasteiger partial charge in [-0.15, -0.1) is 0 Å². The first-order valence-electron chi connectivity index (χ1n) is 10.4. The molecule has 0 saturated carbocycles. The molecule has 3 aromatic rings. The van der Waals surface area contributed by atoms with E-state index in [4.69, 9.17) is 5.73 Å². The summed E-state index contributed by atoms with van der Waals surface area (Å²) in [5.74, 6) is -1.44. The van der Waals surface area contributed by atoms with Crippen molar-refractivity contribution >= 4 is 40.5 Å². The van der Waals surface area contributed by atoms with Gasteiger partial charge in [-0.1, -0.05) is 42.5 Å². The Kier molecular flexibility index (Phi) is 6.17. The lowest BCUT2D eigenvalue weighted by molar-refractivity contribution is -0.119. The predicted molar refractivity (Wildman–Crippen MR) is 128 cm³/mol. The van der Waals surface area contributed by atoms with Gasteiger partial charge < -0.3 is 16.4 Å². The van der Waals surface area contributed by atoms with Crippen molar-refractivity contribution in [2.75, 3.05) is 15.6 Å². The molecule has 3 aromatic carbocycles. The van der Waals surface area contributed by atoms with Crippen LogP contribution < -0.4 is 21.4 Å². The number of anilines is 3. The molecule has 0 aromatic heterocycles. The Morgan fingerprint density at radius 3 is 2.36 bits per heavy atom. The molecular formula is C25H23N5O3. The second-order valence-electron chi connectivity index (χ2n) is 7.67. The number of aryl methyl sites for hydroxylation is 1. The molecule has 1 atom stereocenters. The van der Waals surface area contributed by atoms with E-state index in [-0.39, 0.29) is 18.0 Å². The average Bonchev–Trinajstić information content (AvgIpc) is 3.26. The maximum atomic E-state index is 13.0. The summed E-state index contributed by atoms with van der Waals surface area (Å²) in [6.07, 6.45) is 0.0632. The van der Waals surface area contributed by atoms with Crippen molar-refractivity contribution in [3.05, 3.63) is 90.0 Å². The molecule has 1 aliphatic heterocycles. The predicted octanol–water partition coefficient (Wildman–Crippen LogP) is 3.31.